The number of ether oxygens (including phenoxy) is 4. The van der Waals surface area contributed by atoms with Gasteiger partial charge in [-0.3, -0.25) is 4.99 Å². The van der Waals surface area contributed by atoms with E-state index in [1.54, 1.807) is 7.11 Å². The van der Waals surface area contributed by atoms with Gasteiger partial charge in [0.2, 0.25) is 0 Å². The average molecular weight is 570 g/mol. The van der Waals surface area contributed by atoms with Gasteiger partial charge >= 0.3 is 0 Å². The van der Waals surface area contributed by atoms with E-state index in [2.05, 4.69) is 60.7 Å². The summed E-state index contributed by atoms with van der Waals surface area (Å²) in [5.41, 5.74) is 7.77. The van der Waals surface area contributed by atoms with Crippen molar-refractivity contribution in [3.05, 3.63) is 155 Å². The van der Waals surface area contributed by atoms with Gasteiger partial charge in [-0.05, 0) is 58.5 Å². The maximum atomic E-state index is 6.38. The Labute approximate surface area is 253 Å². The lowest BCUT2D eigenvalue weighted by molar-refractivity contribution is 0.255. The van der Waals surface area contributed by atoms with Gasteiger partial charge in [-0.1, -0.05) is 97.1 Å². The molecule has 6 rings (SSSR count). The highest BCUT2D eigenvalue weighted by Crippen LogP contribution is 2.36. The van der Waals surface area contributed by atoms with Gasteiger partial charge in [0.05, 0.1) is 7.11 Å². The van der Waals surface area contributed by atoms with Gasteiger partial charge in [-0.25, -0.2) is 0 Å². The number of hydrogen-bond acceptors (Lipinski definition) is 5. The van der Waals surface area contributed by atoms with Crippen molar-refractivity contribution in [3.8, 4) is 23.0 Å². The van der Waals surface area contributed by atoms with E-state index in [1.807, 2.05) is 60.7 Å². The molecule has 0 fully saturated rings. The van der Waals surface area contributed by atoms with Gasteiger partial charge in [0.1, 0.15) is 19.8 Å². The maximum Gasteiger partial charge on any atom is 0.162 e. The van der Waals surface area contributed by atoms with Crippen LogP contribution in [0.4, 0.5) is 0 Å². The molecular formula is C38H35NO4. The minimum Gasteiger partial charge on any atom is -0.493 e. The molecule has 1 aliphatic rings. The van der Waals surface area contributed by atoms with E-state index in [1.165, 1.54) is 5.56 Å². The van der Waals surface area contributed by atoms with Crippen LogP contribution in [0, 0.1) is 0 Å². The van der Waals surface area contributed by atoms with Crippen molar-refractivity contribution < 1.29 is 18.9 Å². The van der Waals surface area contributed by atoms with Crippen LogP contribution in [0.2, 0.25) is 0 Å². The van der Waals surface area contributed by atoms with E-state index in [9.17, 15) is 0 Å². The molecule has 5 aromatic carbocycles. The zero-order valence-corrected chi connectivity index (χ0v) is 24.4. The lowest BCUT2D eigenvalue weighted by atomic mass is 9.93. The van der Waals surface area contributed by atoms with Gasteiger partial charge in [-0.15, -0.1) is 0 Å². The lowest BCUT2D eigenvalue weighted by Gasteiger charge is -2.22. The molecule has 5 aromatic rings. The van der Waals surface area contributed by atoms with Crippen LogP contribution in [-0.4, -0.2) is 19.4 Å². The van der Waals surface area contributed by atoms with Crippen LogP contribution >= 0.6 is 0 Å². The van der Waals surface area contributed by atoms with E-state index < -0.39 is 0 Å². The quantitative estimate of drug-likeness (QED) is 0.153. The second-order valence-electron chi connectivity index (χ2n) is 10.5. The van der Waals surface area contributed by atoms with Gasteiger partial charge < -0.3 is 18.9 Å². The van der Waals surface area contributed by atoms with E-state index in [4.69, 9.17) is 23.9 Å². The van der Waals surface area contributed by atoms with Gasteiger partial charge in [0.25, 0.3) is 0 Å². The predicted octanol–water partition coefficient (Wildman–Crippen LogP) is 8.02. The summed E-state index contributed by atoms with van der Waals surface area (Å²) < 4.78 is 24.5. The first-order valence-electron chi connectivity index (χ1n) is 14.6. The second-order valence-corrected chi connectivity index (χ2v) is 10.5. The summed E-state index contributed by atoms with van der Waals surface area (Å²) in [5.74, 6) is 2.90. The van der Waals surface area contributed by atoms with E-state index in [0.29, 0.717) is 32.0 Å². The number of methoxy groups -OCH3 is 1. The van der Waals surface area contributed by atoms with Crippen molar-refractivity contribution in [2.24, 2.45) is 4.99 Å². The molecule has 0 spiro atoms. The number of aliphatic imine (C=N–C) groups is 1. The van der Waals surface area contributed by atoms with Crippen molar-refractivity contribution >= 4 is 5.71 Å². The monoisotopic (exact) mass is 569 g/mol. The fourth-order valence-electron chi connectivity index (χ4n) is 5.19. The third kappa shape index (κ3) is 7.25. The maximum absolute atomic E-state index is 6.38. The van der Waals surface area contributed by atoms with E-state index >= 15 is 0 Å². The van der Waals surface area contributed by atoms with Crippen LogP contribution in [0.15, 0.2) is 126 Å². The summed E-state index contributed by atoms with van der Waals surface area (Å²) >= 11 is 0. The van der Waals surface area contributed by atoms with Gasteiger partial charge in [0.15, 0.2) is 23.0 Å². The first kappa shape index (κ1) is 28.1. The highest BCUT2D eigenvalue weighted by molar-refractivity contribution is 6.04. The molecule has 216 valence electrons. The molecule has 43 heavy (non-hydrogen) atoms. The predicted molar refractivity (Wildman–Crippen MR) is 171 cm³/mol. The average Bonchev–Trinajstić information content (AvgIpc) is 3.07. The summed E-state index contributed by atoms with van der Waals surface area (Å²) in [5, 5.41) is 0. The molecule has 0 atom stereocenters. The smallest absolute Gasteiger partial charge is 0.162 e. The molecule has 0 unspecified atom stereocenters. The Balaban J connectivity index is 1.25. The third-order valence-corrected chi connectivity index (χ3v) is 7.48. The molecule has 0 N–H and O–H groups in total. The Morgan fingerprint density at radius 1 is 0.535 bits per heavy atom. The lowest BCUT2D eigenvalue weighted by Crippen LogP contribution is -2.16. The zero-order chi connectivity index (χ0) is 29.3. The second kappa shape index (κ2) is 13.8. The molecular weight excluding hydrogens is 534 g/mol. The molecule has 1 heterocycles. The van der Waals surface area contributed by atoms with Crippen LogP contribution in [-0.2, 0) is 32.7 Å². The summed E-state index contributed by atoms with van der Waals surface area (Å²) in [6.07, 6.45) is 1.52. The molecule has 1 aliphatic heterocycles. The number of fused-ring (bicyclic) bond motifs is 1. The number of nitrogens with zero attached hydrogens (tertiary/aromatic N) is 1. The standard InChI is InChI=1S/C38H35NO4/c1-40-35-18-17-31(22-36(35)41-25-28-11-5-2-6-12-28)21-34-33-24-38(43-27-30-15-9-4-10-16-30)37(23-32(33)19-20-39-34)42-26-29-13-7-3-8-14-29/h2-18,22-24H,19-21,25-27H2,1H3. The minimum atomic E-state index is 0.453. The third-order valence-electron chi connectivity index (χ3n) is 7.48. The van der Waals surface area contributed by atoms with Crippen LogP contribution in [0.5, 0.6) is 23.0 Å². The van der Waals surface area contributed by atoms with E-state index in [-0.39, 0.29) is 0 Å². The summed E-state index contributed by atoms with van der Waals surface area (Å²) in [4.78, 5) is 4.96. The summed E-state index contributed by atoms with van der Waals surface area (Å²) in [7, 11) is 1.67. The van der Waals surface area contributed by atoms with Crippen LogP contribution in [0.3, 0.4) is 0 Å². The first-order chi connectivity index (χ1) is 21.2. The largest absolute Gasteiger partial charge is 0.493 e. The molecule has 5 heteroatoms. The number of benzene rings is 5. The van der Waals surface area contributed by atoms with Gasteiger partial charge in [-0.2, -0.15) is 0 Å². The Morgan fingerprint density at radius 3 is 1.58 bits per heavy atom. The molecule has 0 bridgehead atoms. The molecule has 0 saturated heterocycles. The Morgan fingerprint density at radius 2 is 1.05 bits per heavy atom. The van der Waals surface area contributed by atoms with Crippen LogP contribution < -0.4 is 18.9 Å². The molecule has 0 amide bonds. The van der Waals surface area contributed by atoms with Crippen molar-refractivity contribution in [2.45, 2.75) is 32.7 Å². The van der Waals surface area contributed by atoms with Crippen molar-refractivity contribution in [1.82, 2.24) is 0 Å². The fraction of sp³-hybridized carbons (Fsp3) is 0.184. The molecule has 0 aliphatic carbocycles. The Bertz CT molecular complexity index is 1670. The van der Waals surface area contributed by atoms with Gasteiger partial charge in [0, 0.05) is 24.2 Å². The van der Waals surface area contributed by atoms with E-state index in [0.717, 1.165) is 63.7 Å². The van der Waals surface area contributed by atoms with Crippen molar-refractivity contribution in [3.63, 3.8) is 0 Å². The molecule has 0 saturated carbocycles. The topological polar surface area (TPSA) is 49.3 Å². The first-order valence-corrected chi connectivity index (χ1v) is 14.6. The zero-order valence-electron chi connectivity index (χ0n) is 24.4. The highest BCUT2D eigenvalue weighted by Gasteiger charge is 2.20. The highest BCUT2D eigenvalue weighted by atomic mass is 16.5. The normalized spacial score (nSPS) is 12.2. The van der Waals surface area contributed by atoms with Crippen LogP contribution in [0.25, 0.3) is 0 Å². The summed E-state index contributed by atoms with van der Waals surface area (Å²) in [6.45, 7) is 2.13. The Hall–Kier alpha value is -5.03. The summed E-state index contributed by atoms with van der Waals surface area (Å²) in [6, 6.07) is 40.9. The number of hydrogen-bond donors (Lipinski definition) is 0. The van der Waals surface area contributed by atoms with Crippen molar-refractivity contribution in [1.29, 1.82) is 0 Å². The Kier molecular flexibility index (Phi) is 8.99. The molecule has 0 radical (unpaired) electrons. The molecule has 5 nitrogen and oxygen atoms in total. The van der Waals surface area contributed by atoms with Crippen molar-refractivity contribution in [2.75, 3.05) is 13.7 Å². The molecule has 0 aromatic heterocycles. The SMILES string of the molecule is COc1ccc(CC2=NCCc3cc(OCc4ccccc4)c(OCc4ccccc4)cc32)cc1OCc1ccccc1. The van der Waals surface area contributed by atoms with Crippen LogP contribution in [0.1, 0.15) is 33.4 Å². The minimum absolute atomic E-state index is 0.453. The fourth-order valence-corrected chi connectivity index (χ4v) is 5.19. The number of rotatable bonds is 12.